The van der Waals surface area contributed by atoms with Crippen molar-refractivity contribution in [1.29, 1.82) is 0 Å². The van der Waals surface area contributed by atoms with Crippen LogP contribution in [0.2, 0.25) is 0 Å². The van der Waals surface area contributed by atoms with Gasteiger partial charge in [0.15, 0.2) is 0 Å². The van der Waals surface area contributed by atoms with Crippen LogP contribution in [0.1, 0.15) is 20.3 Å². The third-order valence-electron chi connectivity index (χ3n) is 4.96. The van der Waals surface area contributed by atoms with Gasteiger partial charge >= 0.3 is 6.09 Å². The highest BCUT2D eigenvalue weighted by Gasteiger charge is 2.33. The lowest BCUT2D eigenvalue weighted by molar-refractivity contribution is -0.115. The van der Waals surface area contributed by atoms with Crippen molar-refractivity contribution in [2.24, 2.45) is 4.36 Å². The predicted molar refractivity (Wildman–Crippen MR) is 122 cm³/mol. The first-order chi connectivity index (χ1) is 14.2. The summed E-state index contributed by atoms with van der Waals surface area (Å²) in [4.78, 5) is 27.2. The van der Waals surface area contributed by atoms with Gasteiger partial charge in [0.05, 0.1) is 39.2 Å². The number of nitrogens with zero attached hydrogens (tertiary/aromatic N) is 3. The number of amides is 2. The Hall–Kier alpha value is -2.31. The molecule has 2 aliphatic rings. The van der Waals surface area contributed by atoms with Crippen LogP contribution in [-0.4, -0.2) is 70.5 Å². The van der Waals surface area contributed by atoms with Crippen molar-refractivity contribution in [3.8, 4) is 0 Å². The Balaban J connectivity index is 0.00000341. The second-order valence-corrected chi connectivity index (χ2v) is 10.2. The second-order valence-electron chi connectivity index (χ2n) is 7.19. The molecule has 12 heteroatoms. The quantitative estimate of drug-likeness (QED) is 0.642. The molecule has 2 heterocycles. The topological polar surface area (TPSA) is 123 Å². The fourth-order valence-electron chi connectivity index (χ4n) is 3.40. The molecule has 0 aliphatic carbocycles. The lowest BCUT2D eigenvalue weighted by Gasteiger charge is -2.31. The normalized spacial score (nSPS) is 20.0. The third-order valence-corrected chi connectivity index (χ3v) is 7.62. The Morgan fingerprint density at radius 1 is 1.39 bits per heavy atom. The zero-order valence-corrected chi connectivity index (χ0v) is 19.1. The third kappa shape index (κ3) is 6.11. The van der Waals surface area contributed by atoms with E-state index in [9.17, 15) is 18.2 Å². The van der Waals surface area contributed by atoms with E-state index in [1.54, 1.807) is 17.0 Å². The first-order valence-corrected chi connectivity index (χ1v) is 12.0. The maximum absolute atomic E-state index is 14.8. The largest absolute Gasteiger partial charge is 0.442 e. The van der Waals surface area contributed by atoms with Crippen LogP contribution in [0.25, 0.3) is 0 Å². The summed E-state index contributed by atoms with van der Waals surface area (Å²) in [6, 6.07) is 4.57. The number of carbonyl (C=O) groups excluding carboxylic acids is 2. The Morgan fingerprint density at radius 3 is 2.65 bits per heavy atom. The summed E-state index contributed by atoms with van der Waals surface area (Å²) in [7, 11) is -2.56. The number of hydrogen-bond acceptors (Lipinski definition) is 6. The van der Waals surface area contributed by atoms with Crippen LogP contribution < -0.4 is 15.1 Å². The molecule has 172 valence electrons. The number of thiocarbonyl (C=S) groups is 1. The Bertz CT molecular complexity index is 966. The van der Waals surface area contributed by atoms with Gasteiger partial charge in [0, 0.05) is 31.5 Å². The molecule has 0 saturated carbocycles. The molecule has 9 nitrogen and oxygen atoms in total. The standard InChI is InChI=1S/C19H25FN4O4S2.H2O/c1-3-18(29)21-11-15-12-24(19(26)28-15)14-4-5-17(16(20)10-14)23-6-8-30(27,9-7-23)22-13(2)25;/h4-5,10,15H,3,6-9,11-12H2,1-2H3,(H,21,29);1H2/t15-;/m0./s1. The summed E-state index contributed by atoms with van der Waals surface area (Å²) in [5.41, 5.74) is 0.774. The van der Waals surface area contributed by atoms with E-state index in [0.717, 1.165) is 0 Å². The monoisotopic (exact) mass is 474 g/mol. The Kier molecular flexibility index (Phi) is 8.32. The van der Waals surface area contributed by atoms with E-state index in [0.29, 0.717) is 49.0 Å². The maximum Gasteiger partial charge on any atom is 0.414 e. The number of hydrogen-bond donors (Lipinski definition) is 1. The van der Waals surface area contributed by atoms with Gasteiger partial charge in [-0.25, -0.2) is 13.4 Å². The van der Waals surface area contributed by atoms with Gasteiger partial charge in [0.2, 0.25) is 0 Å². The summed E-state index contributed by atoms with van der Waals surface area (Å²) in [5.74, 6) is -0.515. The molecule has 3 rings (SSSR count). The predicted octanol–water partition coefficient (Wildman–Crippen LogP) is 1.49. The van der Waals surface area contributed by atoms with Crippen molar-refractivity contribution >= 4 is 50.3 Å². The lowest BCUT2D eigenvalue weighted by atomic mass is 10.2. The van der Waals surface area contributed by atoms with Crippen LogP contribution in [0.4, 0.5) is 20.6 Å². The molecule has 0 spiro atoms. The number of halogens is 1. The summed E-state index contributed by atoms with van der Waals surface area (Å²) in [6.45, 7) is 4.60. The van der Waals surface area contributed by atoms with Crippen LogP contribution in [0, 0.1) is 5.82 Å². The molecular weight excluding hydrogens is 447 g/mol. The van der Waals surface area contributed by atoms with E-state index < -0.39 is 27.5 Å². The molecule has 31 heavy (non-hydrogen) atoms. The average Bonchev–Trinajstić information content (AvgIpc) is 3.06. The molecule has 2 fully saturated rings. The van der Waals surface area contributed by atoms with E-state index in [1.165, 1.54) is 17.9 Å². The Labute approximate surface area is 186 Å². The van der Waals surface area contributed by atoms with Crippen LogP contribution >= 0.6 is 12.2 Å². The van der Waals surface area contributed by atoms with Gasteiger partial charge in [-0.15, -0.1) is 0 Å². The SMILES string of the molecule is CCC(=S)NC[C@H]1CN(c2ccc(N3CCS(=O)(=NC(C)=O)CC3)c(F)c2)C(=O)O1.O. The van der Waals surface area contributed by atoms with E-state index in [4.69, 9.17) is 17.0 Å². The molecular formula is C19H27FN4O5S2. The molecule has 0 unspecified atom stereocenters. The number of anilines is 2. The van der Waals surface area contributed by atoms with Crippen molar-refractivity contribution < 1.29 is 28.4 Å². The number of carbonyl (C=O) groups is 2. The van der Waals surface area contributed by atoms with E-state index >= 15 is 0 Å². The molecule has 0 bridgehead atoms. The van der Waals surface area contributed by atoms with Crippen LogP contribution in [0.5, 0.6) is 0 Å². The van der Waals surface area contributed by atoms with Crippen LogP contribution in [0.15, 0.2) is 22.6 Å². The minimum absolute atomic E-state index is 0. The lowest BCUT2D eigenvalue weighted by Crippen LogP contribution is -2.41. The van der Waals surface area contributed by atoms with Gasteiger partial charge in [0.1, 0.15) is 11.9 Å². The van der Waals surface area contributed by atoms with Crippen molar-refractivity contribution in [1.82, 2.24) is 5.32 Å². The number of benzene rings is 1. The van der Waals surface area contributed by atoms with Crippen molar-refractivity contribution in [3.05, 3.63) is 24.0 Å². The summed E-state index contributed by atoms with van der Waals surface area (Å²) in [5, 5.41) is 3.04. The fourth-order valence-corrected chi connectivity index (χ4v) is 5.35. The molecule has 0 radical (unpaired) electrons. The maximum atomic E-state index is 14.8. The van der Waals surface area contributed by atoms with E-state index in [-0.39, 0.29) is 23.1 Å². The first-order valence-electron chi connectivity index (χ1n) is 9.73. The average molecular weight is 475 g/mol. The molecule has 3 N–H and O–H groups in total. The highest BCUT2D eigenvalue weighted by Crippen LogP contribution is 2.29. The zero-order valence-electron chi connectivity index (χ0n) is 17.4. The highest BCUT2D eigenvalue weighted by molar-refractivity contribution is 7.94. The zero-order chi connectivity index (χ0) is 21.9. The first kappa shape index (κ1) is 25.0. The minimum atomic E-state index is -2.56. The van der Waals surface area contributed by atoms with Gasteiger partial charge < -0.3 is 20.4 Å². The number of rotatable bonds is 5. The van der Waals surface area contributed by atoms with E-state index in [2.05, 4.69) is 9.68 Å². The Morgan fingerprint density at radius 2 is 2.06 bits per heavy atom. The fraction of sp³-hybridized carbons (Fsp3) is 0.526. The molecule has 1 aromatic carbocycles. The smallest absolute Gasteiger partial charge is 0.414 e. The molecule has 0 aromatic heterocycles. The molecule has 2 saturated heterocycles. The number of ether oxygens (including phenoxy) is 1. The van der Waals surface area contributed by atoms with Crippen LogP contribution in [0.3, 0.4) is 0 Å². The van der Waals surface area contributed by atoms with Gasteiger partial charge in [-0.05, 0) is 24.6 Å². The number of cyclic esters (lactones) is 1. The van der Waals surface area contributed by atoms with E-state index in [1.807, 2.05) is 6.92 Å². The molecule has 1 atom stereocenters. The number of nitrogens with one attached hydrogen (secondary N) is 1. The second kappa shape index (κ2) is 10.3. The van der Waals surface area contributed by atoms with Gasteiger partial charge in [-0.3, -0.25) is 9.69 Å². The van der Waals surface area contributed by atoms with Gasteiger partial charge in [-0.1, -0.05) is 19.1 Å². The van der Waals surface area contributed by atoms with Crippen molar-refractivity contribution in [2.45, 2.75) is 26.4 Å². The van der Waals surface area contributed by atoms with Crippen molar-refractivity contribution in [3.63, 3.8) is 0 Å². The molecule has 2 amide bonds. The summed E-state index contributed by atoms with van der Waals surface area (Å²) < 4.78 is 36.4. The summed E-state index contributed by atoms with van der Waals surface area (Å²) >= 11 is 5.11. The molecule has 2 aliphatic heterocycles. The highest BCUT2D eigenvalue weighted by atomic mass is 32.2. The summed E-state index contributed by atoms with van der Waals surface area (Å²) in [6.07, 6.45) is -0.189. The van der Waals surface area contributed by atoms with Gasteiger partial charge in [-0.2, -0.15) is 4.36 Å². The van der Waals surface area contributed by atoms with Crippen molar-refractivity contribution in [2.75, 3.05) is 47.5 Å². The van der Waals surface area contributed by atoms with Crippen LogP contribution in [-0.2, 0) is 19.3 Å². The minimum Gasteiger partial charge on any atom is -0.442 e. The molecule has 1 aromatic rings. The van der Waals surface area contributed by atoms with Gasteiger partial charge in [0.25, 0.3) is 5.91 Å².